The predicted octanol–water partition coefficient (Wildman–Crippen LogP) is 4.25. The van der Waals surface area contributed by atoms with Gasteiger partial charge in [0.25, 0.3) is 0 Å². The number of hydrogen-bond acceptors (Lipinski definition) is 3. The predicted molar refractivity (Wildman–Crippen MR) is 88.5 cm³/mol. The molecule has 1 aliphatic carbocycles. The largest absolute Gasteiger partial charge is 0.383 e. The van der Waals surface area contributed by atoms with Gasteiger partial charge in [-0.15, -0.1) is 0 Å². The quantitative estimate of drug-likeness (QED) is 0.854. The Morgan fingerprint density at radius 1 is 1.14 bits per heavy atom. The minimum absolute atomic E-state index is 0.211. The van der Waals surface area contributed by atoms with Crippen molar-refractivity contribution in [1.29, 1.82) is 0 Å². The topological polar surface area (TPSA) is 46.2 Å². The smallest absolute Gasteiger partial charge is 0.180 e. The van der Waals surface area contributed by atoms with E-state index in [-0.39, 0.29) is 5.75 Å². The van der Waals surface area contributed by atoms with Crippen molar-refractivity contribution in [1.82, 2.24) is 0 Å². The highest BCUT2D eigenvalue weighted by molar-refractivity contribution is 7.91. The third-order valence-electron chi connectivity index (χ3n) is 4.46. The van der Waals surface area contributed by atoms with Gasteiger partial charge < -0.3 is 5.32 Å². The minimum Gasteiger partial charge on any atom is -0.383 e. The number of hydrogen-bond donors (Lipinski definition) is 1. The van der Waals surface area contributed by atoms with Gasteiger partial charge in [-0.2, -0.15) is 0 Å². The van der Waals surface area contributed by atoms with Crippen molar-refractivity contribution < 1.29 is 8.42 Å². The first-order chi connectivity index (χ1) is 9.97. The first-order valence-electron chi connectivity index (χ1n) is 8.02. The molecule has 1 N–H and O–H groups in total. The molecule has 0 atom stereocenters. The van der Waals surface area contributed by atoms with E-state index < -0.39 is 9.84 Å². The summed E-state index contributed by atoms with van der Waals surface area (Å²) >= 11 is 0. The summed E-state index contributed by atoms with van der Waals surface area (Å²) in [4.78, 5) is 0.450. The second-order valence-electron chi connectivity index (χ2n) is 6.54. The number of anilines is 1. The van der Waals surface area contributed by atoms with E-state index in [4.69, 9.17) is 0 Å². The maximum Gasteiger partial charge on any atom is 0.180 e. The van der Waals surface area contributed by atoms with Crippen LogP contribution >= 0.6 is 0 Å². The molecule has 1 aromatic carbocycles. The average molecular weight is 309 g/mol. The van der Waals surface area contributed by atoms with Gasteiger partial charge in [-0.3, -0.25) is 0 Å². The lowest BCUT2D eigenvalue weighted by Crippen LogP contribution is -2.29. The van der Waals surface area contributed by atoms with E-state index in [2.05, 4.69) is 12.2 Å². The van der Waals surface area contributed by atoms with Crippen LogP contribution in [0.2, 0.25) is 0 Å². The number of rotatable bonds is 6. The summed E-state index contributed by atoms with van der Waals surface area (Å²) in [6.07, 6.45) is 7.00. The van der Waals surface area contributed by atoms with Gasteiger partial charge in [0.2, 0.25) is 0 Å². The summed E-state index contributed by atoms with van der Waals surface area (Å²) in [7, 11) is -3.18. The van der Waals surface area contributed by atoms with Gasteiger partial charge >= 0.3 is 0 Å². The van der Waals surface area contributed by atoms with E-state index >= 15 is 0 Å². The fourth-order valence-corrected chi connectivity index (χ4v) is 4.67. The summed E-state index contributed by atoms with van der Waals surface area (Å²) in [6.45, 7) is 5.06. The van der Waals surface area contributed by atoms with Gasteiger partial charge in [-0.1, -0.05) is 45.2 Å². The maximum absolute atomic E-state index is 12.3. The molecule has 0 spiro atoms. The SMILES string of the molecule is CCCS(=O)(=O)c1ccccc1NCC1(C)CCCCC1. The molecule has 0 aliphatic heterocycles. The van der Waals surface area contributed by atoms with Crippen molar-refractivity contribution in [3.8, 4) is 0 Å². The zero-order chi connectivity index (χ0) is 15.3. The molecule has 0 saturated heterocycles. The van der Waals surface area contributed by atoms with Crippen LogP contribution in [0, 0.1) is 5.41 Å². The normalized spacial score (nSPS) is 18.4. The van der Waals surface area contributed by atoms with Crippen molar-refractivity contribution in [2.75, 3.05) is 17.6 Å². The van der Waals surface area contributed by atoms with Crippen molar-refractivity contribution in [2.45, 2.75) is 57.3 Å². The molecule has 3 nitrogen and oxygen atoms in total. The van der Waals surface area contributed by atoms with Gasteiger partial charge in [0, 0.05) is 6.54 Å². The Bertz CT molecular complexity index is 560. The van der Waals surface area contributed by atoms with Crippen LogP contribution in [0.1, 0.15) is 52.4 Å². The molecule has 1 fully saturated rings. The molecule has 4 heteroatoms. The van der Waals surface area contributed by atoms with Crippen LogP contribution in [-0.2, 0) is 9.84 Å². The minimum atomic E-state index is -3.18. The fraction of sp³-hybridized carbons (Fsp3) is 0.647. The van der Waals surface area contributed by atoms with Gasteiger partial charge in [-0.05, 0) is 36.8 Å². The molecule has 0 bridgehead atoms. The second kappa shape index (κ2) is 6.82. The Labute approximate surface area is 129 Å². The second-order valence-corrected chi connectivity index (χ2v) is 8.62. The van der Waals surface area contributed by atoms with Gasteiger partial charge in [0.1, 0.15) is 0 Å². The number of sulfone groups is 1. The Kier molecular flexibility index (Phi) is 5.31. The van der Waals surface area contributed by atoms with E-state index in [0.29, 0.717) is 16.7 Å². The highest BCUT2D eigenvalue weighted by Gasteiger charge is 2.27. The maximum atomic E-state index is 12.3. The standard InChI is InChI=1S/C17H27NO2S/c1-3-13-21(19,20)16-10-6-5-9-15(16)18-14-17(2)11-7-4-8-12-17/h5-6,9-10,18H,3-4,7-8,11-14H2,1-2H3. The molecule has 0 aromatic heterocycles. The molecule has 118 valence electrons. The zero-order valence-corrected chi connectivity index (χ0v) is 14.0. The summed E-state index contributed by atoms with van der Waals surface area (Å²) in [5, 5.41) is 3.41. The summed E-state index contributed by atoms with van der Waals surface area (Å²) in [5.41, 5.74) is 1.05. The van der Waals surface area contributed by atoms with E-state index in [1.807, 2.05) is 19.1 Å². The van der Waals surface area contributed by atoms with Crippen molar-refractivity contribution in [3.63, 3.8) is 0 Å². The zero-order valence-electron chi connectivity index (χ0n) is 13.2. The lowest BCUT2D eigenvalue weighted by molar-refractivity contribution is 0.233. The molecule has 1 saturated carbocycles. The molecule has 21 heavy (non-hydrogen) atoms. The first-order valence-corrected chi connectivity index (χ1v) is 9.68. The molecule has 0 unspecified atom stereocenters. The van der Waals surface area contributed by atoms with Crippen LogP contribution in [0.5, 0.6) is 0 Å². The number of para-hydroxylation sites is 1. The molecule has 1 aliphatic rings. The molecular formula is C17H27NO2S. The number of benzene rings is 1. The fourth-order valence-electron chi connectivity index (χ4n) is 3.15. The van der Waals surface area contributed by atoms with E-state index in [1.54, 1.807) is 12.1 Å². The Morgan fingerprint density at radius 2 is 1.81 bits per heavy atom. The van der Waals surface area contributed by atoms with Crippen molar-refractivity contribution >= 4 is 15.5 Å². The van der Waals surface area contributed by atoms with Gasteiger partial charge in [0.15, 0.2) is 9.84 Å². The highest BCUT2D eigenvalue weighted by Crippen LogP contribution is 2.36. The van der Waals surface area contributed by atoms with Crippen LogP contribution < -0.4 is 5.32 Å². The molecular weight excluding hydrogens is 282 g/mol. The Hall–Kier alpha value is -1.03. The van der Waals surface area contributed by atoms with Crippen LogP contribution in [0.25, 0.3) is 0 Å². The lowest BCUT2D eigenvalue weighted by atomic mass is 9.76. The molecule has 0 amide bonds. The summed E-state index contributed by atoms with van der Waals surface area (Å²) in [6, 6.07) is 7.30. The Morgan fingerprint density at radius 3 is 2.48 bits per heavy atom. The molecule has 0 heterocycles. The summed E-state index contributed by atoms with van der Waals surface area (Å²) in [5.74, 6) is 0.211. The number of nitrogens with one attached hydrogen (secondary N) is 1. The lowest BCUT2D eigenvalue weighted by Gasteiger charge is -2.34. The van der Waals surface area contributed by atoms with E-state index in [0.717, 1.165) is 12.2 Å². The Balaban J connectivity index is 2.13. The monoisotopic (exact) mass is 309 g/mol. The van der Waals surface area contributed by atoms with Crippen molar-refractivity contribution in [2.24, 2.45) is 5.41 Å². The van der Waals surface area contributed by atoms with Crippen LogP contribution in [-0.4, -0.2) is 20.7 Å². The van der Waals surface area contributed by atoms with Crippen molar-refractivity contribution in [3.05, 3.63) is 24.3 Å². The molecule has 2 rings (SSSR count). The first kappa shape index (κ1) is 16.3. The van der Waals surface area contributed by atoms with Gasteiger partial charge in [-0.25, -0.2) is 8.42 Å². The average Bonchev–Trinajstić information content (AvgIpc) is 2.46. The highest BCUT2D eigenvalue weighted by atomic mass is 32.2. The molecule has 1 aromatic rings. The third kappa shape index (κ3) is 4.22. The van der Waals surface area contributed by atoms with Crippen LogP contribution in [0.15, 0.2) is 29.2 Å². The molecule has 0 radical (unpaired) electrons. The van der Waals surface area contributed by atoms with E-state index in [1.165, 1.54) is 32.1 Å². The van der Waals surface area contributed by atoms with Gasteiger partial charge in [0.05, 0.1) is 16.3 Å². The van der Waals surface area contributed by atoms with Crippen LogP contribution in [0.3, 0.4) is 0 Å². The van der Waals surface area contributed by atoms with E-state index in [9.17, 15) is 8.42 Å². The summed E-state index contributed by atoms with van der Waals surface area (Å²) < 4.78 is 24.7. The van der Waals surface area contributed by atoms with Crippen LogP contribution in [0.4, 0.5) is 5.69 Å². The third-order valence-corrected chi connectivity index (χ3v) is 6.43.